The summed E-state index contributed by atoms with van der Waals surface area (Å²) in [6.45, 7) is 5.24. The molecule has 2 aromatic rings. The van der Waals surface area contributed by atoms with Crippen molar-refractivity contribution in [3.05, 3.63) is 54.1 Å². The van der Waals surface area contributed by atoms with E-state index >= 15 is 0 Å². The Morgan fingerprint density at radius 1 is 1.19 bits per heavy atom. The molecule has 1 unspecified atom stereocenters. The summed E-state index contributed by atoms with van der Waals surface area (Å²) in [4.78, 5) is 22.6. The van der Waals surface area contributed by atoms with Gasteiger partial charge in [-0.3, -0.25) is 14.7 Å². The van der Waals surface area contributed by atoms with Crippen molar-refractivity contribution in [2.75, 3.05) is 12.4 Å². The van der Waals surface area contributed by atoms with Crippen molar-refractivity contribution in [2.45, 2.75) is 26.3 Å². The highest BCUT2D eigenvalue weighted by Crippen LogP contribution is 2.47. The maximum atomic E-state index is 14.8. The van der Waals surface area contributed by atoms with Gasteiger partial charge in [0.2, 0.25) is 5.91 Å². The number of anilines is 2. The lowest BCUT2D eigenvalue weighted by Gasteiger charge is -2.46. The molecule has 1 aromatic heterocycles. The van der Waals surface area contributed by atoms with Crippen molar-refractivity contribution in [3.8, 4) is 0 Å². The highest BCUT2D eigenvalue weighted by Gasteiger charge is 2.53. The Morgan fingerprint density at radius 2 is 1.92 bits per heavy atom. The van der Waals surface area contributed by atoms with E-state index in [4.69, 9.17) is 5.73 Å². The Morgan fingerprint density at radius 3 is 2.58 bits per heavy atom. The second kappa shape index (κ2) is 6.09. The van der Waals surface area contributed by atoms with Crippen LogP contribution in [0.4, 0.5) is 15.8 Å². The van der Waals surface area contributed by atoms with Crippen LogP contribution < -0.4 is 11.1 Å². The van der Waals surface area contributed by atoms with E-state index in [9.17, 15) is 9.18 Å². The first kappa shape index (κ1) is 17.8. The molecule has 1 aliphatic heterocycles. The van der Waals surface area contributed by atoms with Gasteiger partial charge in [0.05, 0.1) is 17.3 Å². The summed E-state index contributed by atoms with van der Waals surface area (Å²) in [7, 11) is 1.57. The Bertz CT molecular complexity index is 881. The third-order valence-electron chi connectivity index (χ3n) is 5.18. The van der Waals surface area contributed by atoms with Crippen LogP contribution in [0.15, 0.2) is 47.7 Å². The first-order valence-electron chi connectivity index (χ1n) is 8.27. The average molecular weight is 355 g/mol. The monoisotopic (exact) mass is 355 g/mol. The number of nitrogens with zero attached hydrogens (tertiary/aromatic N) is 3. The second-order valence-corrected chi connectivity index (χ2v) is 7.09. The summed E-state index contributed by atoms with van der Waals surface area (Å²) < 4.78 is 14.8. The van der Waals surface area contributed by atoms with Crippen LogP contribution >= 0.6 is 0 Å². The van der Waals surface area contributed by atoms with Gasteiger partial charge in [0.1, 0.15) is 11.4 Å². The van der Waals surface area contributed by atoms with Gasteiger partial charge in [0.15, 0.2) is 5.96 Å². The van der Waals surface area contributed by atoms with Gasteiger partial charge in [-0.25, -0.2) is 9.38 Å². The minimum absolute atomic E-state index is 0.0712. The maximum absolute atomic E-state index is 14.8. The first-order chi connectivity index (χ1) is 12.2. The van der Waals surface area contributed by atoms with Crippen LogP contribution in [0.25, 0.3) is 0 Å². The second-order valence-electron chi connectivity index (χ2n) is 7.09. The molecule has 136 valence electrons. The highest BCUT2D eigenvalue weighted by molar-refractivity contribution is 6.01. The minimum Gasteiger partial charge on any atom is -0.369 e. The zero-order valence-electron chi connectivity index (χ0n) is 15.2. The molecule has 0 radical (unpaired) electrons. The van der Waals surface area contributed by atoms with Gasteiger partial charge < -0.3 is 11.1 Å². The predicted octanol–water partition coefficient (Wildman–Crippen LogP) is 2.99. The third kappa shape index (κ3) is 2.69. The van der Waals surface area contributed by atoms with E-state index in [0.29, 0.717) is 11.3 Å². The fourth-order valence-electron chi connectivity index (χ4n) is 3.15. The molecule has 0 bridgehead atoms. The largest absolute Gasteiger partial charge is 0.369 e. The minimum atomic E-state index is -1.14. The summed E-state index contributed by atoms with van der Waals surface area (Å²) in [6.07, 6.45) is 3.34. The van der Waals surface area contributed by atoms with Crippen LogP contribution in [-0.4, -0.2) is 28.8 Å². The number of carbonyl (C=O) groups excluding carboxylic acids is 1. The molecule has 1 aromatic carbocycles. The molecular weight excluding hydrogens is 333 g/mol. The molecule has 26 heavy (non-hydrogen) atoms. The Balaban J connectivity index is 2.10. The van der Waals surface area contributed by atoms with Crippen molar-refractivity contribution in [1.29, 1.82) is 0 Å². The molecule has 2 heterocycles. The molecule has 3 N–H and O–H groups in total. The molecule has 6 nitrogen and oxygen atoms in total. The Kier molecular flexibility index (Phi) is 4.18. The highest BCUT2D eigenvalue weighted by atomic mass is 19.1. The van der Waals surface area contributed by atoms with Crippen molar-refractivity contribution in [3.63, 3.8) is 0 Å². The van der Waals surface area contributed by atoms with Gasteiger partial charge in [0, 0.05) is 24.5 Å². The van der Waals surface area contributed by atoms with E-state index in [0.717, 1.165) is 5.69 Å². The number of guanidine groups is 1. The normalized spacial score (nSPS) is 22.1. The van der Waals surface area contributed by atoms with Crippen LogP contribution in [0.3, 0.4) is 0 Å². The van der Waals surface area contributed by atoms with Gasteiger partial charge in [-0.05, 0) is 51.1 Å². The van der Waals surface area contributed by atoms with Gasteiger partial charge in [-0.1, -0.05) is 0 Å². The number of nitrogens with one attached hydrogen (secondary N) is 1. The van der Waals surface area contributed by atoms with Crippen LogP contribution in [0.1, 0.15) is 26.3 Å². The predicted molar refractivity (Wildman–Crippen MR) is 99.4 cm³/mol. The van der Waals surface area contributed by atoms with Crippen molar-refractivity contribution < 1.29 is 9.18 Å². The number of halogens is 1. The van der Waals surface area contributed by atoms with Crippen LogP contribution in [0.5, 0.6) is 0 Å². The molecule has 7 heteroatoms. The van der Waals surface area contributed by atoms with E-state index in [1.165, 1.54) is 11.0 Å². The average Bonchev–Trinajstić information content (AvgIpc) is 2.61. The number of aliphatic imine (C=N–C) groups is 1. The zero-order chi connectivity index (χ0) is 19.1. The fraction of sp³-hybridized carbons (Fsp3) is 0.316. The fourth-order valence-corrected chi connectivity index (χ4v) is 3.15. The summed E-state index contributed by atoms with van der Waals surface area (Å²) in [5.41, 5.74) is 5.56. The number of hydrogen-bond acceptors (Lipinski definition) is 5. The molecule has 0 spiro atoms. The van der Waals surface area contributed by atoms with E-state index in [-0.39, 0.29) is 11.9 Å². The lowest BCUT2D eigenvalue weighted by Crippen LogP contribution is -2.58. The smallest absolute Gasteiger partial charge is 0.237 e. The van der Waals surface area contributed by atoms with E-state index < -0.39 is 16.8 Å². The number of carbonyl (C=O) groups is 1. The van der Waals surface area contributed by atoms with Crippen LogP contribution in [0, 0.1) is 11.2 Å². The first-order valence-corrected chi connectivity index (χ1v) is 8.27. The molecule has 1 amide bonds. The summed E-state index contributed by atoms with van der Waals surface area (Å²) in [5.74, 6) is -0.578. The molecule has 0 saturated carbocycles. The van der Waals surface area contributed by atoms with Crippen LogP contribution in [-0.2, 0) is 10.3 Å². The molecule has 0 fully saturated rings. The van der Waals surface area contributed by atoms with Crippen molar-refractivity contribution in [1.82, 2.24) is 9.88 Å². The van der Waals surface area contributed by atoms with Crippen molar-refractivity contribution in [2.24, 2.45) is 16.1 Å². The van der Waals surface area contributed by atoms with Gasteiger partial charge in [-0.2, -0.15) is 0 Å². The number of nitrogens with two attached hydrogens (primary N) is 1. The van der Waals surface area contributed by atoms with E-state index in [1.54, 1.807) is 58.4 Å². The molecule has 0 aliphatic carbocycles. The molecule has 1 atom stereocenters. The lowest BCUT2D eigenvalue weighted by molar-refractivity contribution is -0.140. The standard InChI is InChI=1S/C19H22FN5O/c1-18(2)16(26)25(4)17(21)24-19(18,3)14-10-12(7-8-15(14)20)23-13-6-5-9-22-11-13/h5-11,23H,1-4H3,(H2,21,24). The zero-order valence-corrected chi connectivity index (χ0v) is 15.2. The van der Waals surface area contributed by atoms with E-state index in [2.05, 4.69) is 15.3 Å². The quantitative estimate of drug-likeness (QED) is 0.886. The molecular formula is C19H22FN5O. The summed E-state index contributed by atoms with van der Waals surface area (Å²) in [6, 6.07) is 8.32. The van der Waals surface area contributed by atoms with Gasteiger partial charge in [0.25, 0.3) is 0 Å². The number of pyridine rings is 1. The van der Waals surface area contributed by atoms with Crippen molar-refractivity contribution >= 4 is 23.2 Å². The van der Waals surface area contributed by atoms with E-state index in [1.807, 2.05) is 6.07 Å². The number of hydrogen-bond donors (Lipinski definition) is 2. The topological polar surface area (TPSA) is 83.6 Å². The number of amides is 1. The molecule has 3 rings (SSSR count). The van der Waals surface area contributed by atoms with Crippen LogP contribution in [0.2, 0.25) is 0 Å². The molecule has 1 aliphatic rings. The number of rotatable bonds is 3. The third-order valence-corrected chi connectivity index (χ3v) is 5.18. The summed E-state index contributed by atoms with van der Waals surface area (Å²) >= 11 is 0. The Labute approximate surface area is 151 Å². The molecule has 0 saturated heterocycles. The number of benzene rings is 1. The SMILES string of the molecule is CN1C(=O)C(C)(C)C(C)(c2cc(Nc3cccnc3)ccc2F)N=C1N. The maximum Gasteiger partial charge on any atom is 0.237 e. The Hall–Kier alpha value is -2.96. The van der Waals surface area contributed by atoms with Gasteiger partial charge >= 0.3 is 0 Å². The number of aromatic nitrogens is 1. The lowest BCUT2D eigenvalue weighted by atomic mass is 9.67. The summed E-state index contributed by atoms with van der Waals surface area (Å²) in [5, 5.41) is 3.18. The van der Waals surface area contributed by atoms with Gasteiger partial charge in [-0.15, -0.1) is 0 Å².